The van der Waals surface area contributed by atoms with Crippen molar-refractivity contribution in [1.82, 2.24) is 0 Å². The van der Waals surface area contributed by atoms with Crippen molar-refractivity contribution in [2.45, 2.75) is 11.8 Å². The molecule has 0 heterocycles. The monoisotopic (exact) mass is 434 g/mol. The number of anilines is 2. The van der Waals surface area contributed by atoms with Gasteiger partial charge in [-0.2, -0.15) is 0 Å². The second-order valence-corrected chi connectivity index (χ2v) is 8.54. The molecule has 1 amide bonds. The van der Waals surface area contributed by atoms with Crippen LogP contribution in [0.4, 0.5) is 11.4 Å². The first-order valence-electron chi connectivity index (χ1n) is 8.21. The summed E-state index contributed by atoms with van der Waals surface area (Å²) in [6, 6.07) is 17.6. The molecular formula is C20H16Cl2N2O3S. The molecule has 8 heteroatoms. The third-order valence-electron chi connectivity index (χ3n) is 3.93. The minimum atomic E-state index is -3.79. The fourth-order valence-corrected chi connectivity index (χ4v) is 3.96. The summed E-state index contributed by atoms with van der Waals surface area (Å²) in [6.07, 6.45) is 0. The molecule has 3 aromatic carbocycles. The number of nitrogens with one attached hydrogen (secondary N) is 2. The normalized spacial score (nSPS) is 11.1. The molecule has 28 heavy (non-hydrogen) atoms. The summed E-state index contributed by atoms with van der Waals surface area (Å²) >= 11 is 12.2. The van der Waals surface area contributed by atoms with Gasteiger partial charge in [-0.3, -0.25) is 9.52 Å². The van der Waals surface area contributed by atoms with E-state index in [9.17, 15) is 13.2 Å². The number of hydrogen-bond donors (Lipinski definition) is 2. The van der Waals surface area contributed by atoms with Gasteiger partial charge in [-0.15, -0.1) is 0 Å². The van der Waals surface area contributed by atoms with Crippen LogP contribution in [-0.4, -0.2) is 14.3 Å². The van der Waals surface area contributed by atoms with E-state index >= 15 is 0 Å². The summed E-state index contributed by atoms with van der Waals surface area (Å²) in [7, 11) is -3.79. The molecule has 0 atom stereocenters. The van der Waals surface area contributed by atoms with Crippen LogP contribution in [0, 0.1) is 6.92 Å². The molecule has 0 saturated heterocycles. The van der Waals surface area contributed by atoms with E-state index in [2.05, 4.69) is 10.0 Å². The number of carbonyl (C=O) groups excluding carboxylic acids is 1. The number of para-hydroxylation sites is 1. The molecule has 0 radical (unpaired) electrons. The Morgan fingerprint density at radius 2 is 1.54 bits per heavy atom. The highest BCUT2D eigenvalue weighted by molar-refractivity contribution is 7.92. The van der Waals surface area contributed by atoms with Crippen LogP contribution in [0.1, 0.15) is 15.9 Å². The maximum absolute atomic E-state index is 12.5. The third-order valence-corrected chi connectivity index (χ3v) is 5.95. The fraction of sp³-hybridized carbons (Fsp3) is 0.0500. The van der Waals surface area contributed by atoms with Gasteiger partial charge < -0.3 is 5.32 Å². The molecule has 0 aromatic heterocycles. The highest BCUT2D eigenvalue weighted by Gasteiger charge is 2.17. The minimum absolute atomic E-state index is 0.0995. The molecular weight excluding hydrogens is 419 g/mol. The zero-order valence-electron chi connectivity index (χ0n) is 14.7. The van der Waals surface area contributed by atoms with Crippen LogP contribution in [0.5, 0.6) is 0 Å². The topological polar surface area (TPSA) is 75.3 Å². The molecule has 0 bridgehead atoms. The van der Waals surface area contributed by atoms with Gasteiger partial charge in [-0.05, 0) is 49.4 Å². The Morgan fingerprint density at radius 1 is 0.857 bits per heavy atom. The van der Waals surface area contributed by atoms with Gasteiger partial charge in [0.15, 0.2) is 0 Å². The van der Waals surface area contributed by atoms with Gasteiger partial charge in [-0.1, -0.05) is 53.0 Å². The molecule has 3 rings (SSSR count). The van der Waals surface area contributed by atoms with Crippen molar-refractivity contribution in [3.63, 3.8) is 0 Å². The summed E-state index contributed by atoms with van der Waals surface area (Å²) in [4.78, 5) is 12.5. The van der Waals surface area contributed by atoms with E-state index in [1.165, 1.54) is 30.3 Å². The Hall–Kier alpha value is -2.54. The predicted octanol–water partition coefficient (Wildman–Crippen LogP) is 5.35. The van der Waals surface area contributed by atoms with Crippen LogP contribution >= 0.6 is 23.2 Å². The highest BCUT2D eigenvalue weighted by Crippen LogP contribution is 2.27. The minimum Gasteiger partial charge on any atom is -0.321 e. The van der Waals surface area contributed by atoms with Crippen LogP contribution in [0.3, 0.4) is 0 Å². The van der Waals surface area contributed by atoms with Crippen LogP contribution in [0.25, 0.3) is 0 Å². The quantitative estimate of drug-likeness (QED) is 0.567. The van der Waals surface area contributed by atoms with Gasteiger partial charge in [0.05, 0.1) is 26.3 Å². The first kappa shape index (κ1) is 20.2. The molecule has 5 nitrogen and oxygen atoms in total. The van der Waals surface area contributed by atoms with Crippen molar-refractivity contribution in [3.05, 3.63) is 87.9 Å². The van der Waals surface area contributed by atoms with Crippen molar-refractivity contribution in [2.75, 3.05) is 10.0 Å². The summed E-state index contributed by atoms with van der Waals surface area (Å²) in [5, 5.41) is 3.19. The molecule has 0 unspecified atom stereocenters. The van der Waals surface area contributed by atoms with E-state index in [-0.39, 0.29) is 21.2 Å². The summed E-state index contributed by atoms with van der Waals surface area (Å²) in [5.74, 6) is -0.414. The number of amides is 1. The van der Waals surface area contributed by atoms with Crippen molar-refractivity contribution in [1.29, 1.82) is 0 Å². The Kier molecular flexibility index (Phi) is 5.93. The molecule has 0 fully saturated rings. The summed E-state index contributed by atoms with van der Waals surface area (Å²) in [5.41, 5.74) is 1.86. The van der Waals surface area contributed by atoms with Crippen LogP contribution in [0.2, 0.25) is 10.0 Å². The van der Waals surface area contributed by atoms with Crippen LogP contribution in [-0.2, 0) is 10.0 Å². The lowest BCUT2D eigenvalue weighted by Crippen LogP contribution is -2.15. The van der Waals surface area contributed by atoms with Gasteiger partial charge in [0.1, 0.15) is 0 Å². The standard InChI is InChI=1S/C20H16Cl2N2O3S/c1-13-6-9-15(10-7-13)28(26,27)24-19-11-8-14(12-17(19)22)20(25)23-18-5-3-2-4-16(18)21/h2-12,24H,1H3,(H,23,25). The molecule has 0 spiro atoms. The molecule has 3 aromatic rings. The molecule has 0 aliphatic rings. The van der Waals surface area contributed by atoms with Crippen molar-refractivity contribution in [3.8, 4) is 0 Å². The van der Waals surface area contributed by atoms with Crippen molar-refractivity contribution >= 4 is 50.5 Å². The second kappa shape index (κ2) is 8.22. The van der Waals surface area contributed by atoms with Gasteiger partial charge >= 0.3 is 0 Å². The number of aryl methyl sites for hydroxylation is 1. The van der Waals surface area contributed by atoms with E-state index < -0.39 is 15.9 Å². The summed E-state index contributed by atoms with van der Waals surface area (Å²) in [6.45, 7) is 1.87. The SMILES string of the molecule is Cc1ccc(S(=O)(=O)Nc2ccc(C(=O)Nc3ccccc3Cl)cc2Cl)cc1. The van der Waals surface area contributed by atoms with E-state index in [4.69, 9.17) is 23.2 Å². The summed E-state index contributed by atoms with van der Waals surface area (Å²) < 4.78 is 27.4. The van der Waals surface area contributed by atoms with Crippen molar-refractivity contribution < 1.29 is 13.2 Å². The Balaban J connectivity index is 1.79. The first-order valence-corrected chi connectivity index (χ1v) is 10.4. The van der Waals surface area contributed by atoms with Gasteiger partial charge in [0.25, 0.3) is 15.9 Å². The largest absolute Gasteiger partial charge is 0.321 e. The number of rotatable bonds is 5. The third kappa shape index (κ3) is 4.65. The van der Waals surface area contributed by atoms with Crippen molar-refractivity contribution in [2.24, 2.45) is 0 Å². The fourth-order valence-electron chi connectivity index (χ4n) is 2.42. The number of carbonyl (C=O) groups is 1. The van der Waals surface area contributed by atoms with Gasteiger partial charge in [0, 0.05) is 5.56 Å². The lowest BCUT2D eigenvalue weighted by molar-refractivity contribution is 0.102. The van der Waals surface area contributed by atoms with Gasteiger partial charge in [0.2, 0.25) is 0 Å². The Labute approximate surface area is 173 Å². The lowest BCUT2D eigenvalue weighted by atomic mass is 10.2. The zero-order valence-corrected chi connectivity index (χ0v) is 17.1. The van der Waals surface area contributed by atoms with E-state index in [0.717, 1.165) is 5.56 Å². The smallest absolute Gasteiger partial charge is 0.261 e. The van der Waals surface area contributed by atoms with Crippen LogP contribution in [0.15, 0.2) is 71.6 Å². The maximum atomic E-state index is 12.5. The van der Waals surface area contributed by atoms with Crippen LogP contribution < -0.4 is 10.0 Å². The Morgan fingerprint density at radius 3 is 2.18 bits per heavy atom. The average Bonchev–Trinajstić information content (AvgIpc) is 2.65. The van der Waals surface area contributed by atoms with E-state index in [0.29, 0.717) is 10.7 Å². The highest BCUT2D eigenvalue weighted by atomic mass is 35.5. The molecule has 0 aliphatic heterocycles. The average molecular weight is 435 g/mol. The van der Waals surface area contributed by atoms with Gasteiger partial charge in [-0.25, -0.2) is 8.42 Å². The Bertz CT molecular complexity index is 1130. The lowest BCUT2D eigenvalue weighted by Gasteiger charge is -2.12. The number of hydrogen-bond acceptors (Lipinski definition) is 3. The predicted molar refractivity (Wildman–Crippen MR) is 113 cm³/mol. The number of halogens is 2. The van der Waals surface area contributed by atoms with E-state index in [1.54, 1.807) is 36.4 Å². The molecule has 0 aliphatic carbocycles. The second-order valence-electron chi connectivity index (χ2n) is 6.05. The molecule has 144 valence electrons. The first-order chi connectivity index (χ1) is 13.3. The number of benzene rings is 3. The number of sulfonamides is 1. The molecule has 0 saturated carbocycles. The zero-order chi connectivity index (χ0) is 20.3. The van der Waals surface area contributed by atoms with E-state index in [1.807, 2.05) is 6.92 Å². The maximum Gasteiger partial charge on any atom is 0.261 e. The molecule has 2 N–H and O–H groups in total.